The van der Waals surface area contributed by atoms with E-state index in [0.29, 0.717) is 12.4 Å². The molecule has 0 unspecified atom stereocenters. The van der Waals surface area contributed by atoms with Crippen LogP contribution in [0.25, 0.3) is 0 Å². The van der Waals surface area contributed by atoms with Crippen molar-refractivity contribution in [3.05, 3.63) is 52.2 Å². The van der Waals surface area contributed by atoms with Crippen molar-refractivity contribution in [3.8, 4) is 11.5 Å². The van der Waals surface area contributed by atoms with Crippen LogP contribution in [0.15, 0.2) is 36.5 Å². The molecule has 0 saturated heterocycles. The number of hydrogen-bond acceptors (Lipinski definition) is 6. The number of ether oxygens (including phenoxy) is 2. The largest absolute Gasteiger partial charge is 0.490 e. The minimum atomic E-state index is -0.589. The van der Waals surface area contributed by atoms with Crippen LogP contribution in [0.4, 0.5) is 11.5 Å². The summed E-state index contributed by atoms with van der Waals surface area (Å²) < 4.78 is 10.6. The molecule has 1 heterocycles. The van der Waals surface area contributed by atoms with E-state index in [4.69, 9.17) is 9.47 Å². The first-order chi connectivity index (χ1) is 11.6. The molecule has 0 aliphatic rings. The zero-order chi connectivity index (χ0) is 17.5. The van der Waals surface area contributed by atoms with Gasteiger partial charge in [0.15, 0.2) is 17.3 Å². The molecule has 126 valence electrons. The molecule has 0 bridgehead atoms. The van der Waals surface area contributed by atoms with Crippen molar-refractivity contribution >= 4 is 17.4 Å². The van der Waals surface area contributed by atoms with Crippen LogP contribution in [0, 0.1) is 10.1 Å². The maximum atomic E-state index is 12.3. The van der Waals surface area contributed by atoms with E-state index in [1.807, 2.05) is 6.92 Å². The topological polar surface area (TPSA) is 104 Å². The Morgan fingerprint density at radius 3 is 2.58 bits per heavy atom. The van der Waals surface area contributed by atoms with E-state index in [2.05, 4.69) is 10.3 Å². The lowest BCUT2D eigenvalue weighted by Crippen LogP contribution is -2.14. The zero-order valence-electron chi connectivity index (χ0n) is 13.3. The van der Waals surface area contributed by atoms with Crippen LogP contribution < -0.4 is 14.8 Å². The number of carbonyl (C=O) groups excluding carboxylic acids is 1. The van der Waals surface area contributed by atoms with Crippen molar-refractivity contribution in [1.82, 2.24) is 4.98 Å². The number of nitro benzene ring substituents is 1. The highest BCUT2D eigenvalue weighted by molar-refractivity contribution is 6.05. The summed E-state index contributed by atoms with van der Waals surface area (Å²) in [5, 5.41) is 13.7. The first-order valence-electron chi connectivity index (χ1n) is 7.37. The third kappa shape index (κ3) is 3.97. The van der Waals surface area contributed by atoms with Crippen LogP contribution >= 0.6 is 0 Å². The van der Waals surface area contributed by atoms with E-state index >= 15 is 0 Å². The lowest BCUT2D eigenvalue weighted by molar-refractivity contribution is -0.385. The van der Waals surface area contributed by atoms with E-state index in [1.54, 1.807) is 19.1 Å². The Morgan fingerprint density at radius 2 is 1.92 bits per heavy atom. The lowest BCUT2D eigenvalue weighted by atomic mass is 10.1. The van der Waals surface area contributed by atoms with E-state index < -0.39 is 10.8 Å². The maximum absolute atomic E-state index is 12.3. The van der Waals surface area contributed by atoms with Gasteiger partial charge < -0.3 is 14.8 Å². The minimum Gasteiger partial charge on any atom is -0.490 e. The number of hydrogen-bond donors (Lipinski definition) is 1. The number of carbonyl (C=O) groups is 1. The summed E-state index contributed by atoms with van der Waals surface area (Å²) in [5.74, 6) is 0.266. The Kier molecular flexibility index (Phi) is 5.67. The second-order valence-corrected chi connectivity index (χ2v) is 4.61. The molecule has 2 aromatic rings. The van der Waals surface area contributed by atoms with Crippen LogP contribution in [-0.2, 0) is 0 Å². The highest BCUT2D eigenvalue weighted by Gasteiger charge is 2.19. The fraction of sp³-hybridized carbons (Fsp3) is 0.250. The monoisotopic (exact) mass is 331 g/mol. The fourth-order valence-electron chi connectivity index (χ4n) is 2.01. The van der Waals surface area contributed by atoms with Gasteiger partial charge in [-0.15, -0.1) is 0 Å². The minimum absolute atomic E-state index is 0.117. The number of nitrogens with one attached hydrogen (secondary N) is 1. The van der Waals surface area contributed by atoms with Crippen molar-refractivity contribution < 1.29 is 19.2 Å². The van der Waals surface area contributed by atoms with Gasteiger partial charge in [0, 0.05) is 17.8 Å². The first kappa shape index (κ1) is 17.2. The quantitative estimate of drug-likeness (QED) is 0.618. The van der Waals surface area contributed by atoms with Crippen LogP contribution in [0.5, 0.6) is 11.5 Å². The number of aromatic nitrogens is 1. The molecule has 0 fully saturated rings. The Bertz CT molecular complexity index is 748. The maximum Gasteiger partial charge on any atom is 0.311 e. The summed E-state index contributed by atoms with van der Waals surface area (Å²) >= 11 is 0. The van der Waals surface area contributed by atoms with Gasteiger partial charge in [0.05, 0.1) is 18.1 Å². The smallest absolute Gasteiger partial charge is 0.311 e. The molecule has 0 saturated carbocycles. The number of benzene rings is 1. The standard InChI is InChI=1S/C16H17N3O5/c1-3-23-13-8-7-11(10-12(13)19(21)22)16(20)18-15-14(24-4-2)6-5-9-17-15/h5-10H,3-4H2,1-2H3,(H,17,18,20). The lowest BCUT2D eigenvalue weighted by Gasteiger charge is -2.10. The molecule has 24 heavy (non-hydrogen) atoms. The third-order valence-corrected chi connectivity index (χ3v) is 3.02. The highest BCUT2D eigenvalue weighted by Crippen LogP contribution is 2.29. The predicted molar refractivity (Wildman–Crippen MR) is 87.6 cm³/mol. The summed E-state index contributed by atoms with van der Waals surface area (Å²) in [7, 11) is 0. The number of nitrogens with zero attached hydrogens (tertiary/aromatic N) is 2. The van der Waals surface area contributed by atoms with Crippen molar-refractivity contribution in [1.29, 1.82) is 0 Å². The molecule has 1 aromatic heterocycles. The van der Waals surface area contributed by atoms with E-state index in [1.165, 1.54) is 24.4 Å². The summed E-state index contributed by atoms with van der Waals surface area (Å²) in [6.07, 6.45) is 1.51. The van der Waals surface area contributed by atoms with Crippen LogP contribution in [0.3, 0.4) is 0 Å². The Morgan fingerprint density at radius 1 is 1.21 bits per heavy atom. The molecule has 0 aliphatic carbocycles. The summed E-state index contributed by atoms with van der Waals surface area (Å²) in [6.45, 7) is 4.25. The van der Waals surface area contributed by atoms with Gasteiger partial charge in [-0.25, -0.2) is 4.98 Å². The van der Waals surface area contributed by atoms with E-state index in [0.717, 1.165) is 0 Å². The molecule has 0 radical (unpaired) electrons. The van der Waals surface area contributed by atoms with Gasteiger partial charge in [0.2, 0.25) is 0 Å². The number of anilines is 1. The van der Waals surface area contributed by atoms with Gasteiger partial charge in [0.25, 0.3) is 5.91 Å². The molecular formula is C16H17N3O5. The first-order valence-corrected chi connectivity index (χ1v) is 7.37. The molecule has 1 N–H and O–H groups in total. The molecule has 0 aliphatic heterocycles. The average molecular weight is 331 g/mol. The molecule has 8 heteroatoms. The van der Waals surface area contributed by atoms with Crippen molar-refractivity contribution in [2.24, 2.45) is 0 Å². The highest BCUT2D eigenvalue weighted by atomic mass is 16.6. The average Bonchev–Trinajstić information content (AvgIpc) is 2.57. The Labute approximate surface area is 138 Å². The summed E-state index contributed by atoms with van der Waals surface area (Å²) in [4.78, 5) is 26.9. The van der Waals surface area contributed by atoms with E-state index in [-0.39, 0.29) is 29.4 Å². The van der Waals surface area contributed by atoms with Crippen molar-refractivity contribution in [3.63, 3.8) is 0 Å². The Hall–Kier alpha value is -3.16. The molecule has 0 spiro atoms. The van der Waals surface area contributed by atoms with Gasteiger partial charge in [-0.1, -0.05) is 0 Å². The SMILES string of the molecule is CCOc1ccc(C(=O)Nc2ncccc2OCC)cc1[N+](=O)[O-]. The summed E-state index contributed by atoms with van der Waals surface area (Å²) in [5.41, 5.74) is -0.145. The molecular weight excluding hydrogens is 314 g/mol. The predicted octanol–water partition coefficient (Wildman–Crippen LogP) is 3.04. The van der Waals surface area contributed by atoms with Gasteiger partial charge in [0.1, 0.15) is 0 Å². The Balaban J connectivity index is 2.27. The fourth-order valence-corrected chi connectivity index (χ4v) is 2.01. The van der Waals surface area contributed by atoms with E-state index in [9.17, 15) is 14.9 Å². The zero-order valence-corrected chi connectivity index (χ0v) is 13.3. The van der Waals surface area contributed by atoms with Crippen LogP contribution in [0.2, 0.25) is 0 Å². The number of amides is 1. The second kappa shape index (κ2) is 7.91. The molecule has 2 rings (SSSR count). The van der Waals surface area contributed by atoms with Crippen LogP contribution in [-0.4, -0.2) is 29.0 Å². The van der Waals surface area contributed by atoms with Gasteiger partial charge in [-0.2, -0.15) is 0 Å². The third-order valence-electron chi connectivity index (χ3n) is 3.02. The normalized spacial score (nSPS) is 10.1. The second-order valence-electron chi connectivity index (χ2n) is 4.61. The van der Waals surface area contributed by atoms with Gasteiger partial charge in [-0.3, -0.25) is 14.9 Å². The molecule has 8 nitrogen and oxygen atoms in total. The van der Waals surface area contributed by atoms with Gasteiger partial charge >= 0.3 is 5.69 Å². The number of pyridine rings is 1. The molecule has 1 aromatic carbocycles. The summed E-state index contributed by atoms with van der Waals surface area (Å²) in [6, 6.07) is 7.38. The van der Waals surface area contributed by atoms with Crippen LogP contribution in [0.1, 0.15) is 24.2 Å². The van der Waals surface area contributed by atoms with Crippen molar-refractivity contribution in [2.45, 2.75) is 13.8 Å². The van der Waals surface area contributed by atoms with Gasteiger partial charge in [-0.05, 0) is 38.1 Å². The molecule has 0 atom stereocenters. The molecule has 1 amide bonds. The number of rotatable bonds is 7. The number of nitro groups is 1. The van der Waals surface area contributed by atoms with Crippen molar-refractivity contribution in [2.75, 3.05) is 18.5 Å².